The molecule has 6 heteroatoms. The quantitative estimate of drug-likeness (QED) is 0.757. The van der Waals surface area contributed by atoms with Crippen LogP contribution < -0.4 is 10.5 Å². The molecule has 20 heavy (non-hydrogen) atoms. The van der Waals surface area contributed by atoms with Crippen LogP contribution in [0.25, 0.3) is 16.7 Å². The van der Waals surface area contributed by atoms with Gasteiger partial charge in [0.05, 0.1) is 28.3 Å². The van der Waals surface area contributed by atoms with E-state index in [9.17, 15) is 0 Å². The number of nitrogens with two attached hydrogens (primary N) is 1. The fourth-order valence-corrected chi connectivity index (χ4v) is 2.83. The van der Waals surface area contributed by atoms with Crippen LogP contribution in [0.4, 0.5) is 5.95 Å². The number of anilines is 1. The van der Waals surface area contributed by atoms with E-state index in [2.05, 4.69) is 20.9 Å². The minimum Gasteiger partial charge on any atom is -0.496 e. The van der Waals surface area contributed by atoms with Gasteiger partial charge in [0.25, 0.3) is 0 Å². The Morgan fingerprint density at radius 2 is 2.05 bits per heavy atom. The molecule has 1 heterocycles. The number of hydrogen-bond acceptors (Lipinski definition) is 3. The molecule has 0 saturated carbocycles. The summed E-state index contributed by atoms with van der Waals surface area (Å²) in [4.78, 5) is 4.34. The second kappa shape index (κ2) is 5.00. The smallest absolute Gasteiger partial charge is 0.205 e. The zero-order valence-corrected chi connectivity index (χ0v) is 12.9. The molecule has 0 radical (unpaired) electrons. The normalized spacial score (nSPS) is 10.9. The highest BCUT2D eigenvalue weighted by molar-refractivity contribution is 9.10. The van der Waals surface area contributed by atoms with E-state index in [0.29, 0.717) is 11.0 Å². The molecule has 102 valence electrons. The maximum Gasteiger partial charge on any atom is 0.205 e. The number of aromatic nitrogens is 2. The van der Waals surface area contributed by atoms with Gasteiger partial charge in [0.15, 0.2) is 0 Å². The molecule has 0 unspecified atom stereocenters. The number of halogens is 2. The summed E-state index contributed by atoms with van der Waals surface area (Å²) in [5.74, 6) is 1.18. The number of nitrogen functional groups attached to an aromatic ring is 1. The van der Waals surface area contributed by atoms with Crippen molar-refractivity contribution in [3.05, 3.63) is 45.9 Å². The molecular formula is C14H11BrClN3O. The van der Waals surface area contributed by atoms with E-state index in [0.717, 1.165) is 26.9 Å². The first-order valence-corrected chi connectivity index (χ1v) is 7.04. The van der Waals surface area contributed by atoms with Gasteiger partial charge >= 0.3 is 0 Å². The van der Waals surface area contributed by atoms with E-state index in [1.807, 2.05) is 34.9 Å². The summed E-state index contributed by atoms with van der Waals surface area (Å²) < 4.78 is 7.93. The van der Waals surface area contributed by atoms with E-state index in [1.54, 1.807) is 13.2 Å². The standard InChI is InChI=1S/C14H11BrClN3O/c1-20-13-5-3-9(7-10(13)15)19-12-6-8(16)2-4-11(12)18-14(19)17/h2-7H,1H3,(H2,17,18). The molecule has 0 atom stereocenters. The van der Waals surface area contributed by atoms with Crippen molar-refractivity contribution in [3.63, 3.8) is 0 Å². The van der Waals surface area contributed by atoms with Crippen LogP contribution in [0.2, 0.25) is 5.02 Å². The SMILES string of the molecule is COc1ccc(-n2c(N)nc3ccc(Cl)cc32)cc1Br. The molecular weight excluding hydrogens is 342 g/mol. The van der Waals surface area contributed by atoms with E-state index < -0.39 is 0 Å². The molecule has 1 aromatic heterocycles. The Kier molecular flexibility index (Phi) is 3.31. The molecule has 0 amide bonds. The molecule has 0 aliphatic carbocycles. The van der Waals surface area contributed by atoms with Crippen LogP contribution in [-0.2, 0) is 0 Å². The average molecular weight is 353 g/mol. The van der Waals surface area contributed by atoms with Crippen molar-refractivity contribution in [1.29, 1.82) is 0 Å². The molecule has 3 aromatic rings. The molecule has 0 fully saturated rings. The van der Waals surface area contributed by atoms with Gasteiger partial charge in [0.1, 0.15) is 5.75 Å². The topological polar surface area (TPSA) is 53.1 Å². The number of benzene rings is 2. The van der Waals surface area contributed by atoms with Crippen molar-refractivity contribution in [1.82, 2.24) is 9.55 Å². The summed E-state index contributed by atoms with van der Waals surface area (Å²) in [7, 11) is 1.63. The van der Waals surface area contributed by atoms with Gasteiger partial charge in [-0.3, -0.25) is 4.57 Å². The van der Waals surface area contributed by atoms with Crippen molar-refractivity contribution in [3.8, 4) is 11.4 Å². The van der Waals surface area contributed by atoms with Crippen LogP contribution in [0, 0.1) is 0 Å². The fraction of sp³-hybridized carbons (Fsp3) is 0.0714. The highest BCUT2D eigenvalue weighted by atomic mass is 79.9. The van der Waals surface area contributed by atoms with Gasteiger partial charge < -0.3 is 10.5 Å². The molecule has 2 aromatic carbocycles. The number of imidazole rings is 1. The Bertz CT molecular complexity index is 800. The van der Waals surface area contributed by atoms with Crippen LogP contribution >= 0.6 is 27.5 Å². The molecule has 0 saturated heterocycles. The van der Waals surface area contributed by atoms with Crippen LogP contribution in [-0.4, -0.2) is 16.7 Å². The van der Waals surface area contributed by atoms with E-state index in [1.165, 1.54) is 0 Å². The molecule has 3 rings (SSSR count). The lowest BCUT2D eigenvalue weighted by Crippen LogP contribution is -2.00. The molecule has 4 nitrogen and oxygen atoms in total. The van der Waals surface area contributed by atoms with Crippen LogP contribution in [0.3, 0.4) is 0 Å². The Morgan fingerprint density at radius 3 is 2.75 bits per heavy atom. The Hall–Kier alpha value is -1.72. The van der Waals surface area contributed by atoms with Gasteiger partial charge in [-0.15, -0.1) is 0 Å². The lowest BCUT2D eigenvalue weighted by Gasteiger charge is -2.09. The third kappa shape index (κ3) is 2.13. The van der Waals surface area contributed by atoms with Crippen LogP contribution in [0.15, 0.2) is 40.9 Å². The van der Waals surface area contributed by atoms with E-state index in [4.69, 9.17) is 22.1 Å². The van der Waals surface area contributed by atoms with Gasteiger partial charge in [-0.2, -0.15) is 0 Å². The summed E-state index contributed by atoms with van der Waals surface area (Å²) >= 11 is 9.53. The number of methoxy groups -OCH3 is 1. The minimum absolute atomic E-state index is 0.416. The van der Waals surface area contributed by atoms with Crippen LogP contribution in [0.5, 0.6) is 5.75 Å². The Balaban J connectivity index is 2.26. The predicted octanol–water partition coefficient (Wildman–Crippen LogP) is 4.03. The first-order valence-electron chi connectivity index (χ1n) is 5.87. The number of hydrogen-bond donors (Lipinski definition) is 1. The highest BCUT2D eigenvalue weighted by Gasteiger charge is 2.12. The Labute approximate surface area is 129 Å². The van der Waals surface area contributed by atoms with Crippen molar-refractivity contribution in [2.24, 2.45) is 0 Å². The molecule has 0 aliphatic heterocycles. The van der Waals surface area contributed by atoms with Gasteiger partial charge in [0.2, 0.25) is 5.95 Å². The number of nitrogens with zero attached hydrogens (tertiary/aromatic N) is 2. The lowest BCUT2D eigenvalue weighted by molar-refractivity contribution is 0.412. The van der Waals surface area contributed by atoms with Crippen molar-refractivity contribution >= 4 is 44.5 Å². The monoisotopic (exact) mass is 351 g/mol. The van der Waals surface area contributed by atoms with Crippen molar-refractivity contribution in [2.75, 3.05) is 12.8 Å². The first-order chi connectivity index (χ1) is 9.60. The molecule has 2 N–H and O–H groups in total. The first kappa shape index (κ1) is 13.3. The third-order valence-corrected chi connectivity index (χ3v) is 3.89. The van der Waals surface area contributed by atoms with Gasteiger partial charge in [0, 0.05) is 5.02 Å². The van der Waals surface area contributed by atoms with E-state index in [-0.39, 0.29) is 0 Å². The number of fused-ring (bicyclic) bond motifs is 1. The highest BCUT2D eigenvalue weighted by Crippen LogP contribution is 2.31. The van der Waals surface area contributed by atoms with Crippen molar-refractivity contribution < 1.29 is 4.74 Å². The van der Waals surface area contributed by atoms with Crippen LogP contribution in [0.1, 0.15) is 0 Å². The average Bonchev–Trinajstić information content (AvgIpc) is 2.74. The number of rotatable bonds is 2. The van der Waals surface area contributed by atoms with Crippen molar-refractivity contribution in [2.45, 2.75) is 0 Å². The summed E-state index contributed by atoms with van der Waals surface area (Å²) in [6.45, 7) is 0. The Morgan fingerprint density at radius 1 is 1.25 bits per heavy atom. The van der Waals surface area contributed by atoms with Gasteiger partial charge in [-0.05, 0) is 52.3 Å². The largest absolute Gasteiger partial charge is 0.496 e. The van der Waals surface area contributed by atoms with Gasteiger partial charge in [-0.25, -0.2) is 4.98 Å². The summed E-state index contributed by atoms with van der Waals surface area (Å²) in [6, 6.07) is 11.2. The molecule has 0 bridgehead atoms. The zero-order chi connectivity index (χ0) is 14.3. The summed E-state index contributed by atoms with van der Waals surface area (Å²) in [6.07, 6.45) is 0. The lowest BCUT2D eigenvalue weighted by atomic mass is 10.2. The van der Waals surface area contributed by atoms with Gasteiger partial charge in [-0.1, -0.05) is 11.6 Å². The fourth-order valence-electron chi connectivity index (χ4n) is 2.13. The molecule has 0 spiro atoms. The zero-order valence-electron chi connectivity index (χ0n) is 10.6. The minimum atomic E-state index is 0.416. The summed E-state index contributed by atoms with van der Waals surface area (Å²) in [5, 5.41) is 0.645. The predicted molar refractivity (Wildman–Crippen MR) is 84.7 cm³/mol. The summed E-state index contributed by atoms with van der Waals surface area (Å²) in [5.41, 5.74) is 8.58. The third-order valence-electron chi connectivity index (χ3n) is 3.04. The maximum absolute atomic E-state index is 6.06. The molecule has 0 aliphatic rings. The number of ether oxygens (including phenoxy) is 1. The van der Waals surface area contributed by atoms with E-state index >= 15 is 0 Å². The second-order valence-corrected chi connectivity index (χ2v) is 5.55. The maximum atomic E-state index is 6.06. The second-order valence-electron chi connectivity index (χ2n) is 4.26.